The summed E-state index contributed by atoms with van der Waals surface area (Å²) in [4.78, 5) is 0. The zero-order chi connectivity index (χ0) is 9.99. The Morgan fingerprint density at radius 1 is 0.833 bits per heavy atom. The highest BCUT2D eigenvalue weighted by atomic mass is 16.7. The third kappa shape index (κ3) is 7.98. The molecule has 0 atom stereocenters. The van der Waals surface area contributed by atoms with Crippen LogP contribution in [0.5, 0.6) is 0 Å². The van der Waals surface area contributed by atoms with Crippen LogP contribution in [0.1, 0.15) is 41.5 Å². The number of rotatable bonds is 2. The number of hydrogen-bond acceptors (Lipinski definition) is 3. The van der Waals surface area contributed by atoms with Gasteiger partial charge in [-0.3, -0.25) is 5.73 Å². The molecule has 0 spiro atoms. The Morgan fingerprint density at radius 3 is 1.25 bits per heavy atom. The average molecular weight is 175 g/mol. The SMILES string of the molecule is CC(C)(C)OC(N)OC(C)(C)C. The first-order chi connectivity index (χ1) is 5.10. The molecule has 0 heterocycles. The van der Waals surface area contributed by atoms with Crippen LogP contribution in [0.2, 0.25) is 0 Å². The number of nitrogens with two attached hydrogens (primary N) is 1. The van der Waals surface area contributed by atoms with Crippen LogP contribution >= 0.6 is 0 Å². The molecule has 74 valence electrons. The van der Waals surface area contributed by atoms with Crippen LogP contribution in [0.25, 0.3) is 0 Å². The van der Waals surface area contributed by atoms with Crippen molar-refractivity contribution < 1.29 is 9.47 Å². The highest BCUT2D eigenvalue weighted by Gasteiger charge is 2.20. The van der Waals surface area contributed by atoms with E-state index in [1.807, 2.05) is 41.5 Å². The van der Waals surface area contributed by atoms with Crippen molar-refractivity contribution in [2.75, 3.05) is 0 Å². The van der Waals surface area contributed by atoms with Crippen LogP contribution < -0.4 is 5.73 Å². The van der Waals surface area contributed by atoms with E-state index >= 15 is 0 Å². The fourth-order valence-electron chi connectivity index (χ4n) is 0.721. The Bertz CT molecular complexity index is 116. The van der Waals surface area contributed by atoms with Crippen LogP contribution in [0.3, 0.4) is 0 Å². The summed E-state index contributed by atoms with van der Waals surface area (Å²) in [6.45, 7) is 11.7. The van der Waals surface area contributed by atoms with E-state index in [9.17, 15) is 0 Å². The maximum atomic E-state index is 5.60. The highest BCUT2D eigenvalue weighted by molar-refractivity contribution is 4.62. The maximum Gasteiger partial charge on any atom is 0.214 e. The molecule has 0 aliphatic rings. The summed E-state index contributed by atoms with van der Waals surface area (Å²) in [7, 11) is 0. The van der Waals surface area contributed by atoms with Crippen molar-refractivity contribution in [3.8, 4) is 0 Å². The van der Waals surface area contributed by atoms with E-state index in [0.29, 0.717) is 0 Å². The minimum atomic E-state index is -0.648. The quantitative estimate of drug-likeness (QED) is 0.651. The maximum absolute atomic E-state index is 5.60. The van der Waals surface area contributed by atoms with Crippen molar-refractivity contribution in [2.45, 2.75) is 59.2 Å². The van der Waals surface area contributed by atoms with Gasteiger partial charge in [-0.05, 0) is 41.5 Å². The lowest BCUT2D eigenvalue weighted by molar-refractivity contribution is -0.230. The van der Waals surface area contributed by atoms with Gasteiger partial charge in [0.2, 0.25) is 6.41 Å². The topological polar surface area (TPSA) is 44.5 Å². The molecule has 0 saturated heterocycles. The first-order valence-electron chi connectivity index (χ1n) is 4.21. The van der Waals surface area contributed by atoms with Gasteiger partial charge in [0.15, 0.2) is 0 Å². The van der Waals surface area contributed by atoms with Crippen molar-refractivity contribution in [3.05, 3.63) is 0 Å². The van der Waals surface area contributed by atoms with E-state index in [-0.39, 0.29) is 11.2 Å². The molecule has 0 aromatic carbocycles. The Hall–Kier alpha value is -0.120. The summed E-state index contributed by atoms with van der Waals surface area (Å²) < 4.78 is 10.7. The molecule has 0 bridgehead atoms. The summed E-state index contributed by atoms with van der Waals surface area (Å²) in [6.07, 6.45) is -0.648. The molecule has 0 amide bonds. The molecule has 0 aromatic heterocycles. The normalized spacial score (nSPS) is 14.0. The number of ether oxygens (including phenoxy) is 2. The molecule has 3 nitrogen and oxygen atoms in total. The van der Waals surface area contributed by atoms with Gasteiger partial charge in [-0.15, -0.1) is 0 Å². The third-order valence-electron chi connectivity index (χ3n) is 0.939. The molecule has 0 aromatic rings. The Kier molecular flexibility index (Phi) is 3.69. The van der Waals surface area contributed by atoms with E-state index in [4.69, 9.17) is 15.2 Å². The highest BCUT2D eigenvalue weighted by Crippen LogP contribution is 2.14. The Morgan fingerprint density at radius 2 is 1.08 bits per heavy atom. The van der Waals surface area contributed by atoms with Crippen molar-refractivity contribution >= 4 is 0 Å². The second-order valence-electron chi connectivity index (χ2n) is 4.83. The zero-order valence-electron chi connectivity index (χ0n) is 8.97. The average Bonchev–Trinajstić information content (AvgIpc) is 1.49. The molecular weight excluding hydrogens is 154 g/mol. The summed E-state index contributed by atoms with van der Waals surface area (Å²) >= 11 is 0. The molecule has 12 heavy (non-hydrogen) atoms. The van der Waals surface area contributed by atoms with Gasteiger partial charge in [0, 0.05) is 0 Å². The molecule has 0 aliphatic heterocycles. The van der Waals surface area contributed by atoms with E-state index in [1.165, 1.54) is 0 Å². The van der Waals surface area contributed by atoms with Gasteiger partial charge in [-0.25, -0.2) is 0 Å². The van der Waals surface area contributed by atoms with Crippen molar-refractivity contribution in [1.82, 2.24) is 0 Å². The molecule has 0 saturated carbocycles. The Labute approximate surface area is 75.2 Å². The van der Waals surface area contributed by atoms with Gasteiger partial charge in [-0.2, -0.15) is 0 Å². The van der Waals surface area contributed by atoms with Crippen LogP contribution in [0.15, 0.2) is 0 Å². The molecule has 2 N–H and O–H groups in total. The lowest BCUT2D eigenvalue weighted by atomic mass is 10.2. The van der Waals surface area contributed by atoms with Gasteiger partial charge in [-0.1, -0.05) is 0 Å². The summed E-state index contributed by atoms with van der Waals surface area (Å²) in [5.41, 5.74) is 5.08. The smallest absolute Gasteiger partial charge is 0.214 e. The molecule has 3 heteroatoms. The van der Waals surface area contributed by atoms with Crippen LogP contribution in [0, 0.1) is 0 Å². The Balaban J connectivity index is 3.83. The molecular formula is C9H21NO2. The molecule has 0 unspecified atom stereocenters. The van der Waals surface area contributed by atoms with Crippen molar-refractivity contribution in [1.29, 1.82) is 0 Å². The van der Waals surface area contributed by atoms with Crippen LogP contribution in [-0.4, -0.2) is 17.6 Å². The molecule has 0 radical (unpaired) electrons. The van der Waals surface area contributed by atoms with Gasteiger partial charge in [0.05, 0.1) is 11.2 Å². The summed E-state index contributed by atoms with van der Waals surface area (Å²) in [5, 5.41) is 0. The molecule has 0 fully saturated rings. The monoisotopic (exact) mass is 175 g/mol. The first kappa shape index (κ1) is 11.9. The van der Waals surface area contributed by atoms with Gasteiger partial charge in [0.25, 0.3) is 0 Å². The van der Waals surface area contributed by atoms with E-state index in [1.54, 1.807) is 0 Å². The van der Waals surface area contributed by atoms with Crippen molar-refractivity contribution in [2.24, 2.45) is 5.73 Å². The largest absolute Gasteiger partial charge is 0.334 e. The number of hydrogen-bond donors (Lipinski definition) is 1. The summed E-state index contributed by atoms with van der Waals surface area (Å²) in [6, 6.07) is 0. The lowest BCUT2D eigenvalue weighted by Gasteiger charge is -2.29. The second-order valence-corrected chi connectivity index (χ2v) is 4.83. The predicted octanol–water partition coefficient (Wildman–Crippen LogP) is 1.86. The standard InChI is InChI=1S/C9H21NO2/c1-8(2,3)11-7(10)12-9(4,5)6/h7H,10H2,1-6H3. The predicted molar refractivity (Wildman–Crippen MR) is 49.7 cm³/mol. The van der Waals surface area contributed by atoms with Crippen LogP contribution in [0.4, 0.5) is 0 Å². The second kappa shape index (κ2) is 3.73. The molecule has 0 rings (SSSR count). The summed E-state index contributed by atoms with van der Waals surface area (Å²) in [5.74, 6) is 0. The first-order valence-corrected chi connectivity index (χ1v) is 4.21. The van der Waals surface area contributed by atoms with E-state index < -0.39 is 6.41 Å². The minimum absolute atomic E-state index is 0.259. The minimum Gasteiger partial charge on any atom is -0.334 e. The fourth-order valence-corrected chi connectivity index (χ4v) is 0.721. The van der Waals surface area contributed by atoms with Gasteiger partial charge < -0.3 is 9.47 Å². The fraction of sp³-hybridized carbons (Fsp3) is 1.00. The molecule has 0 aliphatic carbocycles. The van der Waals surface area contributed by atoms with Gasteiger partial charge in [0.1, 0.15) is 0 Å². The van der Waals surface area contributed by atoms with Crippen molar-refractivity contribution in [3.63, 3.8) is 0 Å². The lowest BCUT2D eigenvalue weighted by Crippen LogP contribution is -2.40. The van der Waals surface area contributed by atoms with Gasteiger partial charge >= 0.3 is 0 Å². The van der Waals surface area contributed by atoms with E-state index in [2.05, 4.69) is 0 Å². The van der Waals surface area contributed by atoms with Crippen LogP contribution in [-0.2, 0) is 9.47 Å². The zero-order valence-corrected chi connectivity index (χ0v) is 8.97. The van der Waals surface area contributed by atoms with E-state index in [0.717, 1.165) is 0 Å². The third-order valence-corrected chi connectivity index (χ3v) is 0.939.